The van der Waals surface area contributed by atoms with Crippen molar-refractivity contribution >= 4 is 16.1 Å². The van der Waals surface area contributed by atoms with E-state index in [0.29, 0.717) is 6.42 Å². The first-order valence-corrected chi connectivity index (χ1v) is 7.97. The van der Waals surface area contributed by atoms with Crippen LogP contribution in [0.4, 0.5) is 0 Å². The van der Waals surface area contributed by atoms with Crippen LogP contribution in [-0.4, -0.2) is 24.0 Å². The van der Waals surface area contributed by atoms with Gasteiger partial charge in [-0.15, -0.1) is 0 Å². The van der Waals surface area contributed by atoms with Gasteiger partial charge < -0.3 is 5.11 Å². The summed E-state index contributed by atoms with van der Waals surface area (Å²) in [5.74, 6) is -0.675. The van der Waals surface area contributed by atoms with Gasteiger partial charge in [0.2, 0.25) is 0 Å². The highest BCUT2D eigenvalue weighted by molar-refractivity contribution is 7.85. The summed E-state index contributed by atoms with van der Waals surface area (Å²) in [5.41, 5.74) is 0.956. The maximum atomic E-state index is 10.5. The van der Waals surface area contributed by atoms with E-state index in [4.69, 9.17) is 9.66 Å². The van der Waals surface area contributed by atoms with Crippen LogP contribution in [0.3, 0.4) is 0 Å². The fraction of sp³-hybridized carbons (Fsp3) is 0.500. The van der Waals surface area contributed by atoms with E-state index in [2.05, 4.69) is 6.92 Å². The average molecular weight is 302 g/mol. The van der Waals surface area contributed by atoms with Gasteiger partial charge in [0.15, 0.2) is 0 Å². The van der Waals surface area contributed by atoms with Crippen molar-refractivity contribution in [3.63, 3.8) is 0 Å². The van der Waals surface area contributed by atoms with Gasteiger partial charge in [-0.3, -0.25) is 9.35 Å². The van der Waals surface area contributed by atoms with Gasteiger partial charge in [-0.2, -0.15) is 8.42 Å². The molecule has 0 aliphatic rings. The highest BCUT2D eigenvalue weighted by Gasteiger charge is 2.06. The van der Waals surface area contributed by atoms with Gasteiger partial charge in [0.1, 0.15) is 0 Å². The molecular weight excluding hydrogens is 280 g/mol. The molecule has 0 radical (unpaired) electrons. The minimum Gasteiger partial charge on any atom is -0.481 e. The van der Waals surface area contributed by atoms with Crippen LogP contribution in [0, 0.1) is 6.92 Å². The van der Waals surface area contributed by atoms with Crippen LogP contribution in [0.2, 0.25) is 0 Å². The monoisotopic (exact) mass is 302 g/mol. The Morgan fingerprint density at radius 2 is 1.65 bits per heavy atom. The van der Waals surface area contributed by atoms with Gasteiger partial charge in [-0.05, 0) is 25.5 Å². The second-order valence-electron chi connectivity index (χ2n) is 4.49. The summed E-state index contributed by atoms with van der Waals surface area (Å²) in [7, 11) is -4.02. The van der Waals surface area contributed by atoms with Gasteiger partial charge in [0, 0.05) is 6.42 Å². The van der Waals surface area contributed by atoms with Gasteiger partial charge in [0.05, 0.1) is 4.90 Å². The van der Waals surface area contributed by atoms with Crippen LogP contribution >= 0.6 is 0 Å². The molecule has 114 valence electrons. The summed E-state index contributed by atoms with van der Waals surface area (Å²) < 4.78 is 29.6. The number of hydrogen-bond acceptors (Lipinski definition) is 3. The number of carbonyl (C=O) groups is 1. The van der Waals surface area contributed by atoms with Crippen molar-refractivity contribution in [1.82, 2.24) is 0 Å². The Labute approximate surface area is 120 Å². The molecule has 0 amide bonds. The Hall–Kier alpha value is -1.40. The van der Waals surface area contributed by atoms with Crippen molar-refractivity contribution < 1.29 is 22.9 Å². The second kappa shape index (κ2) is 9.50. The van der Waals surface area contributed by atoms with Crippen LogP contribution < -0.4 is 0 Å². The summed E-state index contributed by atoms with van der Waals surface area (Å²) >= 11 is 0. The molecule has 0 unspecified atom stereocenters. The quantitative estimate of drug-likeness (QED) is 0.621. The molecule has 1 aromatic carbocycles. The van der Waals surface area contributed by atoms with E-state index in [1.54, 1.807) is 12.1 Å². The molecule has 2 N–H and O–H groups in total. The lowest BCUT2D eigenvalue weighted by Gasteiger charge is -1.95. The predicted molar refractivity (Wildman–Crippen MR) is 77.4 cm³/mol. The molecule has 20 heavy (non-hydrogen) atoms. The lowest BCUT2D eigenvalue weighted by molar-refractivity contribution is -0.137. The molecule has 0 aromatic heterocycles. The molecule has 0 saturated heterocycles. The number of benzene rings is 1. The fourth-order valence-electron chi connectivity index (χ4n) is 1.41. The van der Waals surface area contributed by atoms with Gasteiger partial charge in [-0.1, -0.05) is 43.9 Å². The maximum Gasteiger partial charge on any atom is 0.303 e. The summed E-state index contributed by atoms with van der Waals surface area (Å²) in [5, 5.41) is 8.21. The third kappa shape index (κ3) is 9.52. The van der Waals surface area contributed by atoms with Crippen molar-refractivity contribution in [2.24, 2.45) is 0 Å². The molecule has 0 atom stereocenters. The maximum absolute atomic E-state index is 10.5. The van der Waals surface area contributed by atoms with E-state index >= 15 is 0 Å². The van der Waals surface area contributed by atoms with Crippen LogP contribution in [0.25, 0.3) is 0 Å². The van der Waals surface area contributed by atoms with Crippen molar-refractivity contribution in [2.45, 2.75) is 50.8 Å². The molecule has 0 fully saturated rings. The number of rotatable bonds is 6. The van der Waals surface area contributed by atoms with Gasteiger partial charge >= 0.3 is 5.97 Å². The Morgan fingerprint density at radius 3 is 2.05 bits per heavy atom. The summed E-state index contributed by atoms with van der Waals surface area (Å²) in [6.45, 7) is 3.95. The molecular formula is C14H22O5S. The van der Waals surface area contributed by atoms with Gasteiger partial charge in [-0.25, -0.2) is 0 Å². The number of unbranched alkanes of at least 4 members (excludes halogenated alkanes) is 3. The first kappa shape index (κ1) is 18.6. The third-order valence-electron chi connectivity index (χ3n) is 2.56. The van der Waals surface area contributed by atoms with E-state index in [1.807, 2.05) is 6.92 Å². The zero-order valence-electron chi connectivity index (χ0n) is 11.9. The van der Waals surface area contributed by atoms with Crippen molar-refractivity contribution in [3.8, 4) is 0 Å². The van der Waals surface area contributed by atoms with E-state index in [-0.39, 0.29) is 4.90 Å². The van der Waals surface area contributed by atoms with Crippen LogP contribution in [0.5, 0.6) is 0 Å². The Kier molecular flexibility index (Phi) is 8.83. The molecule has 0 aliphatic carbocycles. The minimum absolute atomic E-state index is 0.0666. The molecule has 1 aromatic rings. The summed E-state index contributed by atoms with van der Waals surface area (Å²) in [6.07, 6.45) is 4.55. The minimum atomic E-state index is -4.02. The Bertz CT molecular complexity index is 491. The Balaban J connectivity index is 0.000000370. The second-order valence-corrected chi connectivity index (χ2v) is 5.91. The summed E-state index contributed by atoms with van der Waals surface area (Å²) in [4.78, 5) is 9.90. The summed E-state index contributed by atoms with van der Waals surface area (Å²) in [6, 6.07) is 5.99. The first-order valence-electron chi connectivity index (χ1n) is 6.53. The SMILES string of the molecule is CCCCCCC(=O)O.Cc1ccc(S(=O)(=O)O)cc1. The molecule has 0 saturated carbocycles. The van der Waals surface area contributed by atoms with E-state index in [1.165, 1.54) is 18.6 Å². The third-order valence-corrected chi connectivity index (χ3v) is 3.43. The average Bonchev–Trinajstić information content (AvgIpc) is 2.35. The molecule has 0 heterocycles. The molecule has 5 nitrogen and oxygen atoms in total. The highest BCUT2D eigenvalue weighted by atomic mass is 32.2. The molecule has 0 bridgehead atoms. The normalized spacial score (nSPS) is 10.6. The first-order chi connectivity index (χ1) is 9.27. The smallest absolute Gasteiger partial charge is 0.303 e. The van der Waals surface area contributed by atoms with E-state index in [9.17, 15) is 13.2 Å². The van der Waals surface area contributed by atoms with Crippen LogP contribution in [0.15, 0.2) is 29.2 Å². The fourth-order valence-corrected chi connectivity index (χ4v) is 1.89. The van der Waals surface area contributed by atoms with Gasteiger partial charge in [0.25, 0.3) is 10.1 Å². The molecule has 1 rings (SSSR count). The largest absolute Gasteiger partial charge is 0.481 e. The van der Waals surface area contributed by atoms with Crippen molar-refractivity contribution in [1.29, 1.82) is 0 Å². The number of aliphatic carboxylic acids is 1. The van der Waals surface area contributed by atoms with E-state index < -0.39 is 16.1 Å². The number of carboxylic acids is 1. The zero-order valence-corrected chi connectivity index (χ0v) is 12.7. The van der Waals surface area contributed by atoms with E-state index in [0.717, 1.165) is 24.8 Å². The number of carboxylic acid groups (broad SMARTS) is 1. The molecule has 6 heteroatoms. The topological polar surface area (TPSA) is 91.7 Å². The standard InChI is InChI=1S/C7H8O3S.C7H14O2/c1-6-2-4-7(5-3-6)11(8,9)10;1-2-3-4-5-6-7(8)9/h2-5H,1H3,(H,8,9,10);2-6H2,1H3,(H,8,9). The molecule has 0 spiro atoms. The molecule has 0 aliphatic heterocycles. The lowest BCUT2D eigenvalue weighted by Crippen LogP contribution is -1.96. The number of hydrogen-bond donors (Lipinski definition) is 2. The lowest BCUT2D eigenvalue weighted by atomic mass is 10.2. The highest BCUT2D eigenvalue weighted by Crippen LogP contribution is 2.08. The predicted octanol–water partition coefficient (Wildman–Crippen LogP) is 3.28. The zero-order chi connectivity index (χ0) is 15.6. The van der Waals surface area contributed by atoms with Crippen molar-refractivity contribution in [2.75, 3.05) is 0 Å². The Morgan fingerprint density at radius 1 is 1.10 bits per heavy atom. The van der Waals surface area contributed by atoms with Crippen LogP contribution in [0.1, 0.15) is 44.6 Å². The van der Waals surface area contributed by atoms with Crippen molar-refractivity contribution in [3.05, 3.63) is 29.8 Å². The van der Waals surface area contributed by atoms with Crippen LogP contribution in [-0.2, 0) is 14.9 Å². The number of aryl methyl sites for hydroxylation is 1.